The van der Waals surface area contributed by atoms with E-state index in [4.69, 9.17) is 14.8 Å². The van der Waals surface area contributed by atoms with Gasteiger partial charge in [0, 0.05) is 36.7 Å². The minimum Gasteiger partial charge on any atom is -0.371 e. The third-order valence-electron chi connectivity index (χ3n) is 6.04. The van der Waals surface area contributed by atoms with Crippen molar-refractivity contribution in [2.24, 2.45) is 0 Å². The van der Waals surface area contributed by atoms with E-state index in [2.05, 4.69) is 20.5 Å². The summed E-state index contributed by atoms with van der Waals surface area (Å²) in [5.74, 6) is 1.57. The molecule has 2 N–H and O–H groups in total. The Balaban J connectivity index is 1.23. The smallest absolute Gasteiger partial charge is 0.323 e. The quantitative estimate of drug-likeness (QED) is 0.500. The van der Waals surface area contributed by atoms with Crippen LogP contribution in [-0.4, -0.2) is 50.9 Å². The van der Waals surface area contributed by atoms with Crippen molar-refractivity contribution in [2.75, 3.05) is 28.6 Å². The Morgan fingerprint density at radius 2 is 1.76 bits per heavy atom. The molecule has 5 heterocycles. The maximum atomic E-state index is 12.2. The number of morpholine rings is 1. The zero-order valence-electron chi connectivity index (χ0n) is 17.9. The van der Waals surface area contributed by atoms with Crippen molar-refractivity contribution in [3.05, 3.63) is 67.1 Å². The molecule has 2 bridgehead atoms. The first kappa shape index (κ1) is 19.7. The lowest BCUT2D eigenvalue weighted by Crippen LogP contribution is -2.43. The minimum absolute atomic E-state index is 0.278. The maximum Gasteiger partial charge on any atom is 0.323 e. The molecular formula is C24H23N7O2. The third kappa shape index (κ3) is 3.98. The molecule has 2 aliphatic rings. The van der Waals surface area contributed by atoms with E-state index in [0.717, 1.165) is 42.8 Å². The average Bonchev–Trinajstić information content (AvgIpc) is 3.45. The van der Waals surface area contributed by atoms with Gasteiger partial charge >= 0.3 is 6.03 Å². The van der Waals surface area contributed by atoms with Gasteiger partial charge in [-0.05, 0) is 61.4 Å². The number of benzene rings is 1. The summed E-state index contributed by atoms with van der Waals surface area (Å²) in [4.78, 5) is 23.5. The largest absolute Gasteiger partial charge is 0.371 e. The van der Waals surface area contributed by atoms with Crippen LogP contribution < -0.4 is 15.5 Å². The Morgan fingerprint density at radius 1 is 0.970 bits per heavy atom. The maximum absolute atomic E-state index is 12.2. The van der Waals surface area contributed by atoms with Gasteiger partial charge in [-0.25, -0.2) is 14.3 Å². The molecule has 0 spiro atoms. The zero-order valence-corrected chi connectivity index (χ0v) is 17.9. The molecule has 9 nitrogen and oxygen atoms in total. The van der Waals surface area contributed by atoms with Gasteiger partial charge in [0.25, 0.3) is 0 Å². The highest BCUT2D eigenvalue weighted by Gasteiger charge is 2.35. The van der Waals surface area contributed by atoms with Gasteiger partial charge in [0.1, 0.15) is 5.52 Å². The number of nitrogens with one attached hydrogen (secondary N) is 2. The Bertz CT molecular complexity index is 1280. The Labute approximate surface area is 190 Å². The van der Waals surface area contributed by atoms with Crippen molar-refractivity contribution in [3.63, 3.8) is 0 Å². The van der Waals surface area contributed by atoms with Crippen LogP contribution in [0, 0.1) is 0 Å². The molecular weight excluding hydrogens is 418 g/mol. The summed E-state index contributed by atoms with van der Waals surface area (Å²) in [6.07, 6.45) is 7.97. The summed E-state index contributed by atoms with van der Waals surface area (Å²) in [6, 6.07) is 14.8. The monoisotopic (exact) mass is 441 g/mol. The number of hydrogen-bond acceptors (Lipinski definition) is 6. The number of fused-ring (bicyclic) bond motifs is 3. The highest BCUT2D eigenvalue weighted by molar-refractivity contribution is 5.99. The summed E-state index contributed by atoms with van der Waals surface area (Å²) < 4.78 is 7.88. The van der Waals surface area contributed by atoms with Gasteiger partial charge in [-0.3, -0.25) is 4.98 Å². The molecule has 2 saturated heterocycles. The van der Waals surface area contributed by atoms with Gasteiger partial charge < -0.3 is 20.3 Å². The molecule has 0 saturated carbocycles. The summed E-state index contributed by atoms with van der Waals surface area (Å²) in [5.41, 5.74) is 3.17. The van der Waals surface area contributed by atoms with Gasteiger partial charge in [0.05, 0.1) is 24.1 Å². The highest BCUT2D eigenvalue weighted by Crippen LogP contribution is 2.32. The van der Waals surface area contributed by atoms with Crippen molar-refractivity contribution in [3.8, 4) is 11.4 Å². The Kier molecular flexibility index (Phi) is 4.88. The molecule has 2 aliphatic heterocycles. The molecule has 2 atom stereocenters. The van der Waals surface area contributed by atoms with Crippen LogP contribution in [-0.2, 0) is 4.74 Å². The first-order valence-electron chi connectivity index (χ1n) is 11.1. The van der Waals surface area contributed by atoms with Crippen LogP contribution in [0.3, 0.4) is 0 Å². The minimum atomic E-state index is -0.329. The fourth-order valence-electron chi connectivity index (χ4n) is 4.49. The summed E-state index contributed by atoms with van der Waals surface area (Å²) in [6.45, 7) is 1.70. The van der Waals surface area contributed by atoms with Crippen molar-refractivity contribution in [1.82, 2.24) is 19.6 Å². The standard InChI is InChI=1S/C24H23N7O2/c32-24(27-18-3-1-11-25-13-18)26-17-7-5-16(6-8-17)22-28-23(21-4-2-12-31(21)29-22)30-14-19-9-10-20(15-30)33-19/h1-8,11-13,19-20H,9-10,14-15H2,(H2,26,27,32)/t19-,20+. The fourth-order valence-corrected chi connectivity index (χ4v) is 4.49. The molecule has 3 aromatic heterocycles. The molecule has 2 amide bonds. The molecule has 0 aliphatic carbocycles. The number of aromatic nitrogens is 4. The number of urea groups is 1. The molecule has 9 heteroatoms. The second-order valence-electron chi connectivity index (χ2n) is 8.36. The van der Waals surface area contributed by atoms with Crippen molar-refractivity contribution >= 4 is 28.7 Å². The fraction of sp³-hybridized carbons (Fsp3) is 0.250. The summed E-state index contributed by atoms with van der Waals surface area (Å²) in [7, 11) is 0. The van der Waals surface area contributed by atoms with Gasteiger partial charge in [0.15, 0.2) is 11.6 Å². The van der Waals surface area contributed by atoms with Crippen LogP contribution in [0.4, 0.5) is 22.0 Å². The molecule has 1 aromatic carbocycles. The van der Waals surface area contributed by atoms with Gasteiger partial charge in [0.2, 0.25) is 0 Å². The van der Waals surface area contributed by atoms with Crippen LogP contribution in [0.5, 0.6) is 0 Å². The molecule has 4 aromatic rings. The van der Waals surface area contributed by atoms with E-state index in [0.29, 0.717) is 17.2 Å². The van der Waals surface area contributed by atoms with Crippen molar-refractivity contribution < 1.29 is 9.53 Å². The van der Waals surface area contributed by atoms with Crippen molar-refractivity contribution in [1.29, 1.82) is 0 Å². The predicted octanol–water partition coefficient (Wildman–Crippen LogP) is 3.80. The summed E-state index contributed by atoms with van der Waals surface area (Å²) in [5, 5.41) is 10.3. The normalized spacial score (nSPS) is 19.6. The SMILES string of the molecule is O=C(Nc1ccc(-c2nc(N3C[C@H]4CC[C@@H](C3)O4)c3cccn3n2)cc1)Nc1cccnc1. The number of hydrogen-bond donors (Lipinski definition) is 2. The first-order valence-corrected chi connectivity index (χ1v) is 11.1. The van der Waals surface area contributed by atoms with E-state index >= 15 is 0 Å². The average molecular weight is 441 g/mol. The second kappa shape index (κ2) is 8.18. The molecule has 166 valence electrons. The molecule has 2 fully saturated rings. The first-order chi connectivity index (χ1) is 16.2. The molecule has 0 radical (unpaired) electrons. The topological polar surface area (TPSA) is 96.7 Å². The third-order valence-corrected chi connectivity index (χ3v) is 6.04. The van der Waals surface area contributed by atoms with Crippen LogP contribution in [0.2, 0.25) is 0 Å². The number of carbonyl (C=O) groups excluding carboxylic acids is 1. The molecule has 0 unspecified atom stereocenters. The number of anilines is 3. The van der Waals surface area contributed by atoms with Gasteiger partial charge in [-0.2, -0.15) is 0 Å². The lowest BCUT2D eigenvalue weighted by Gasteiger charge is -2.33. The zero-order chi connectivity index (χ0) is 22.2. The van der Waals surface area contributed by atoms with E-state index < -0.39 is 0 Å². The van der Waals surface area contributed by atoms with Crippen LogP contribution in [0.15, 0.2) is 67.1 Å². The van der Waals surface area contributed by atoms with E-state index in [1.54, 1.807) is 24.5 Å². The Hall–Kier alpha value is -3.98. The van der Waals surface area contributed by atoms with E-state index in [9.17, 15) is 4.79 Å². The van der Waals surface area contributed by atoms with Gasteiger partial charge in [-0.15, -0.1) is 5.10 Å². The van der Waals surface area contributed by atoms with Crippen LogP contribution in [0.1, 0.15) is 12.8 Å². The number of rotatable bonds is 4. The predicted molar refractivity (Wildman–Crippen MR) is 125 cm³/mol. The number of amides is 2. The van der Waals surface area contributed by atoms with Crippen LogP contribution in [0.25, 0.3) is 16.9 Å². The van der Waals surface area contributed by atoms with Crippen LogP contribution >= 0.6 is 0 Å². The van der Waals surface area contributed by atoms with Crippen molar-refractivity contribution in [2.45, 2.75) is 25.0 Å². The molecule has 33 heavy (non-hydrogen) atoms. The van der Waals surface area contributed by atoms with E-state index in [1.807, 2.05) is 47.1 Å². The number of pyridine rings is 1. The lowest BCUT2D eigenvalue weighted by atomic mass is 10.2. The van der Waals surface area contributed by atoms with Gasteiger partial charge in [-0.1, -0.05) is 0 Å². The number of nitrogens with zero attached hydrogens (tertiary/aromatic N) is 5. The molecule has 6 rings (SSSR count). The number of carbonyl (C=O) groups is 1. The Morgan fingerprint density at radius 3 is 2.52 bits per heavy atom. The number of ether oxygens (including phenoxy) is 1. The highest BCUT2D eigenvalue weighted by atomic mass is 16.5. The van der Waals surface area contributed by atoms with E-state index in [1.165, 1.54) is 0 Å². The summed E-state index contributed by atoms with van der Waals surface area (Å²) >= 11 is 0. The van der Waals surface area contributed by atoms with E-state index in [-0.39, 0.29) is 18.2 Å². The second-order valence-corrected chi connectivity index (χ2v) is 8.36. The lowest BCUT2D eigenvalue weighted by molar-refractivity contribution is 0.0303.